The van der Waals surface area contributed by atoms with Crippen molar-refractivity contribution in [2.45, 2.75) is 6.54 Å². The Morgan fingerprint density at radius 3 is 2.88 bits per heavy atom. The van der Waals surface area contributed by atoms with Crippen LogP contribution in [0.5, 0.6) is 11.5 Å². The molecule has 0 unspecified atom stereocenters. The molecule has 132 valence electrons. The van der Waals surface area contributed by atoms with Crippen LogP contribution in [0.1, 0.15) is 0 Å². The Morgan fingerprint density at radius 1 is 1.15 bits per heavy atom. The number of benzene rings is 2. The van der Waals surface area contributed by atoms with Crippen molar-refractivity contribution < 1.29 is 24.2 Å². The Morgan fingerprint density at radius 2 is 2.04 bits per heavy atom. The minimum atomic E-state index is -1.07. The number of nitrogens with zero attached hydrogens (tertiary/aromatic N) is 1. The largest absolute Gasteiger partial charge is 0.480 e. The summed E-state index contributed by atoms with van der Waals surface area (Å²) in [5.41, 5.74) is 2.75. The van der Waals surface area contributed by atoms with E-state index in [1.165, 1.54) is 0 Å². The lowest BCUT2D eigenvalue weighted by Crippen LogP contribution is -2.31. The van der Waals surface area contributed by atoms with E-state index in [2.05, 4.69) is 5.32 Å². The summed E-state index contributed by atoms with van der Waals surface area (Å²) >= 11 is 0. The molecule has 0 aliphatic carbocycles. The Balaban J connectivity index is 1.66. The number of aromatic nitrogens is 1. The fourth-order valence-electron chi connectivity index (χ4n) is 3.03. The van der Waals surface area contributed by atoms with Crippen molar-refractivity contribution in [3.63, 3.8) is 0 Å². The summed E-state index contributed by atoms with van der Waals surface area (Å²) in [5, 5.41) is 12.0. The van der Waals surface area contributed by atoms with E-state index in [0.717, 1.165) is 22.0 Å². The lowest BCUT2D eigenvalue weighted by molar-refractivity contribution is -0.138. The van der Waals surface area contributed by atoms with E-state index >= 15 is 0 Å². The maximum Gasteiger partial charge on any atom is 0.322 e. The molecule has 4 rings (SSSR count). The van der Waals surface area contributed by atoms with Gasteiger partial charge in [-0.15, -0.1) is 0 Å². The first-order valence-corrected chi connectivity index (χ1v) is 8.08. The van der Waals surface area contributed by atoms with E-state index < -0.39 is 12.5 Å². The van der Waals surface area contributed by atoms with Gasteiger partial charge in [0.05, 0.1) is 0 Å². The maximum atomic E-state index is 11.9. The average molecular weight is 352 g/mol. The number of nitrogens with one attached hydrogen (secondary N) is 1. The second kappa shape index (κ2) is 6.44. The van der Waals surface area contributed by atoms with E-state index in [1.54, 1.807) is 4.57 Å². The fourth-order valence-corrected chi connectivity index (χ4v) is 3.03. The third kappa shape index (κ3) is 2.95. The predicted molar refractivity (Wildman–Crippen MR) is 94.1 cm³/mol. The van der Waals surface area contributed by atoms with Gasteiger partial charge in [-0.2, -0.15) is 0 Å². The molecule has 26 heavy (non-hydrogen) atoms. The van der Waals surface area contributed by atoms with Crippen molar-refractivity contribution in [2.24, 2.45) is 0 Å². The Bertz CT molecular complexity index is 1010. The molecule has 7 heteroatoms. The summed E-state index contributed by atoms with van der Waals surface area (Å²) < 4.78 is 12.8. The summed E-state index contributed by atoms with van der Waals surface area (Å²) in [6.07, 6.45) is 1.81. The second-order valence-electron chi connectivity index (χ2n) is 5.93. The zero-order valence-electron chi connectivity index (χ0n) is 13.8. The molecule has 3 aromatic rings. The van der Waals surface area contributed by atoms with Crippen molar-refractivity contribution >= 4 is 22.8 Å². The van der Waals surface area contributed by atoms with Gasteiger partial charge in [0.25, 0.3) is 0 Å². The minimum Gasteiger partial charge on any atom is -0.480 e. The number of fused-ring (bicyclic) bond motifs is 2. The smallest absolute Gasteiger partial charge is 0.322 e. The zero-order chi connectivity index (χ0) is 18.1. The SMILES string of the molecule is O=C(O)CNC(=O)Cn1ccc2ccc(-c3cccc4c3OCO4)cc21. The third-order valence-corrected chi connectivity index (χ3v) is 4.23. The number of para-hydroxylation sites is 1. The van der Waals surface area contributed by atoms with Crippen molar-refractivity contribution in [2.75, 3.05) is 13.3 Å². The Labute approximate surface area is 148 Å². The molecule has 2 aromatic carbocycles. The highest BCUT2D eigenvalue weighted by atomic mass is 16.7. The molecule has 1 aromatic heterocycles. The highest BCUT2D eigenvalue weighted by Crippen LogP contribution is 2.41. The van der Waals surface area contributed by atoms with E-state index in [0.29, 0.717) is 11.5 Å². The first-order chi connectivity index (χ1) is 12.6. The molecule has 0 saturated carbocycles. The summed E-state index contributed by atoms with van der Waals surface area (Å²) in [4.78, 5) is 22.5. The monoisotopic (exact) mass is 352 g/mol. The molecule has 0 spiro atoms. The Hall–Kier alpha value is -3.48. The van der Waals surface area contributed by atoms with Crippen LogP contribution >= 0.6 is 0 Å². The molecule has 1 amide bonds. The third-order valence-electron chi connectivity index (χ3n) is 4.23. The average Bonchev–Trinajstić information content (AvgIpc) is 3.26. The molecule has 0 radical (unpaired) electrons. The van der Waals surface area contributed by atoms with Crippen LogP contribution in [-0.4, -0.2) is 34.9 Å². The van der Waals surface area contributed by atoms with Crippen LogP contribution in [0.15, 0.2) is 48.7 Å². The molecule has 2 heterocycles. The minimum absolute atomic E-state index is 0.0484. The standard InChI is InChI=1S/C19H16N2O5/c22-17(20-9-18(23)24)10-21-7-6-12-4-5-13(8-15(12)21)14-2-1-3-16-19(14)26-11-25-16/h1-8H,9-11H2,(H,20,22)(H,23,24). The molecule has 2 N–H and O–H groups in total. The highest BCUT2D eigenvalue weighted by Gasteiger charge is 2.18. The van der Waals surface area contributed by atoms with E-state index in [4.69, 9.17) is 14.6 Å². The second-order valence-corrected chi connectivity index (χ2v) is 5.93. The molecule has 0 bridgehead atoms. The molecule has 0 saturated heterocycles. The molecule has 0 fully saturated rings. The molecular weight excluding hydrogens is 336 g/mol. The quantitative estimate of drug-likeness (QED) is 0.735. The van der Waals surface area contributed by atoms with Gasteiger partial charge in [-0.1, -0.05) is 24.3 Å². The number of carboxylic acid groups (broad SMARTS) is 1. The van der Waals surface area contributed by atoms with Gasteiger partial charge < -0.3 is 24.5 Å². The van der Waals surface area contributed by atoms with Gasteiger partial charge in [0.15, 0.2) is 11.5 Å². The van der Waals surface area contributed by atoms with Crippen LogP contribution in [-0.2, 0) is 16.1 Å². The van der Waals surface area contributed by atoms with Crippen LogP contribution < -0.4 is 14.8 Å². The fraction of sp³-hybridized carbons (Fsp3) is 0.158. The number of carbonyl (C=O) groups excluding carboxylic acids is 1. The van der Waals surface area contributed by atoms with E-state index in [1.807, 2.05) is 48.7 Å². The number of hydrogen-bond acceptors (Lipinski definition) is 4. The van der Waals surface area contributed by atoms with E-state index in [-0.39, 0.29) is 19.2 Å². The van der Waals surface area contributed by atoms with Gasteiger partial charge in [0, 0.05) is 17.3 Å². The highest BCUT2D eigenvalue weighted by molar-refractivity contribution is 5.89. The number of ether oxygens (including phenoxy) is 2. The summed E-state index contributed by atoms with van der Waals surface area (Å²) in [7, 11) is 0. The van der Waals surface area contributed by atoms with Crippen LogP contribution in [0, 0.1) is 0 Å². The van der Waals surface area contributed by atoms with Crippen LogP contribution in [0.2, 0.25) is 0 Å². The topological polar surface area (TPSA) is 89.8 Å². The molecule has 0 atom stereocenters. The maximum absolute atomic E-state index is 11.9. The van der Waals surface area contributed by atoms with Crippen molar-refractivity contribution in [3.05, 3.63) is 48.7 Å². The number of hydrogen-bond donors (Lipinski definition) is 2. The van der Waals surface area contributed by atoms with Crippen LogP contribution in [0.3, 0.4) is 0 Å². The van der Waals surface area contributed by atoms with E-state index in [9.17, 15) is 9.59 Å². The van der Waals surface area contributed by atoms with Gasteiger partial charge in [-0.25, -0.2) is 0 Å². The van der Waals surface area contributed by atoms with Gasteiger partial charge in [-0.3, -0.25) is 9.59 Å². The predicted octanol–water partition coefficient (Wildman–Crippen LogP) is 2.24. The lowest BCUT2D eigenvalue weighted by atomic mass is 10.0. The molecule has 1 aliphatic heterocycles. The molecule has 1 aliphatic rings. The first-order valence-electron chi connectivity index (χ1n) is 8.08. The molecule has 7 nitrogen and oxygen atoms in total. The number of rotatable bonds is 5. The van der Waals surface area contributed by atoms with Gasteiger partial charge >= 0.3 is 5.97 Å². The number of amides is 1. The van der Waals surface area contributed by atoms with Gasteiger partial charge in [0.1, 0.15) is 13.1 Å². The van der Waals surface area contributed by atoms with Gasteiger partial charge in [-0.05, 0) is 29.1 Å². The summed E-state index contributed by atoms with van der Waals surface area (Å²) in [5.74, 6) is 0.000905. The number of carboxylic acids is 1. The molecular formula is C19H16N2O5. The van der Waals surface area contributed by atoms with Crippen molar-refractivity contribution in [1.82, 2.24) is 9.88 Å². The van der Waals surface area contributed by atoms with Crippen LogP contribution in [0.25, 0.3) is 22.0 Å². The summed E-state index contributed by atoms with van der Waals surface area (Å²) in [6.45, 7) is -0.141. The number of carbonyl (C=O) groups is 2. The Kier molecular flexibility index (Phi) is 3.96. The van der Waals surface area contributed by atoms with Crippen molar-refractivity contribution in [1.29, 1.82) is 0 Å². The van der Waals surface area contributed by atoms with Gasteiger partial charge in [0.2, 0.25) is 12.7 Å². The first kappa shape index (κ1) is 16.0. The normalized spacial score (nSPS) is 12.3. The zero-order valence-corrected chi connectivity index (χ0v) is 13.8. The van der Waals surface area contributed by atoms with Crippen LogP contribution in [0.4, 0.5) is 0 Å². The van der Waals surface area contributed by atoms with Crippen molar-refractivity contribution in [3.8, 4) is 22.6 Å². The number of aliphatic carboxylic acids is 1. The lowest BCUT2D eigenvalue weighted by Gasteiger charge is -2.09. The summed E-state index contributed by atoms with van der Waals surface area (Å²) in [6, 6.07) is 13.6.